The fourth-order valence-corrected chi connectivity index (χ4v) is 1.73. The van der Waals surface area contributed by atoms with Crippen molar-refractivity contribution in [1.82, 2.24) is 5.32 Å². The zero-order valence-electron chi connectivity index (χ0n) is 9.97. The first-order valence-corrected chi connectivity index (χ1v) is 5.09. The molecule has 0 heterocycles. The average Bonchev–Trinajstić information content (AvgIpc) is 2.24. The van der Waals surface area contributed by atoms with Gasteiger partial charge in [0, 0.05) is 12.7 Å². The van der Waals surface area contributed by atoms with E-state index in [0.29, 0.717) is 0 Å². The summed E-state index contributed by atoms with van der Waals surface area (Å²) < 4.78 is 32.0. The van der Waals surface area contributed by atoms with Gasteiger partial charge in [0.05, 0.1) is 11.6 Å². The molecule has 0 spiro atoms. The summed E-state index contributed by atoms with van der Waals surface area (Å²) >= 11 is 0. The molecule has 0 saturated heterocycles. The van der Waals surface area contributed by atoms with E-state index in [1.807, 2.05) is 13.8 Å². The summed E-state index contributed by atoms with van der Waals surface area (Å²) in [6.45, 7) is 3.64. The minimum absolute atomic E-state index is 0.273. The number of halogens is 2. The van der Waals surface area contributed by atoms with Crippen LogP contribution in [0.5, 0.6) is 0 Å². The molecule has 4 heteroatoms. The van der Waals surface area contributed by atoms with Crippen LogP contribution in [0.4, 0.5) is 8.78 Å². The first-order chi connectivity index (χ1) is 7.42. The van der Waals surface area contributed by atoms with E-state index >= 15 is 0 Å². The highest BCUT2D eigenvalue weighted by Crippen LogP contribution is 2.30. The third-order valence-corrected chi connectivity index (χ3v) is 2.78. The molecular weight excluding hydrogens is 212 g/mol. The number of hydrogen-bond donors (Lipinski definition) is 1. The van der Waals surface area contributed by atoms with Crippen molar-refractivity contribution >= 4 is 0 Å². The van der Waals surface area contributed by atoms with Crippen molar-refractivity contribution in [2.75, 3.05) is 14.2 Å². The molecule has 0 saturated carbocycles. The highest BCUT2D eigenvalue weighted by Gasteiger charge is 2.31. The lowest BCUT2D eigenvalue weighted by molar-refractivity contribution is -0.00998. The van der Waals surface area contributed by atoms with Gasteiger partial charge < -0.3 is 10.1 Å². The van der Waals surface area contributed by atoms with Crippen molar-refractivity contribution in [3.8, 4) is 0 Å². The Morgan fingerprint density at radius 2 is 1.94 bits per heavy atom. The highest BCUT2D eigenvalue weighted by atomic mass is 19.1. The fraction of sp³-hybridized carbons (Fsp3) is 0.500. The van der Waals surface area contributed by atoms with Crippen LogP contribution in [0.1, 0.15) is 25.5 Å². The van der Waals surface area contributed by atoms with Gasteiger partial charge in [0.1, 0.15) is 11.6 Å². The molecule has 0 fully saturated rings. The van der Waals surface area contributed by atoms with Gasteiger partial charge >= 0.3 is 0 Å². The minimum atomic E-state index is -0.622. The predicted octanol–water partition coefficient (Wildman–Crippen LogP) is 2.65. The molecule has 1 unspecified atom stereocenters. The van der Waals surface area contributed by atoms with Crippen LogP contribution in [-0.4, -0.2) is 19.8 Å². The van der Waals surface area contributed by atoms with Gasteiger partial charge in [-0.1, -0.05) is 0 Å². The molecule has 0 aliphatic carbocycles. The van der Waals surface area contributed by atoms with E-state index in [0.717, 1.165) is 12.1 Å². The number of likely N-dealkylation sites (N-methyl/N-ethyl adjacent to an activating group) is 1. The molecule has 90 valence electrons. The maximum absolute atomic E-state index is 13.6. The van der Waals surface area contributed by atoms with Gasteiger partial charge in [0.25, 0.3) is 0 Å². The van der Waals surface area contributed by atoms with Crippen molar-refractivity contribution in [2.24, 2.45) is 0 Å². The van der Waals surface area contributed by atoms with Crippen molar-refractivity contribution in [3.63, 3.8) is 0 Å². The zero-order chi connectivity index (χ0) is 12.3. The van der Waals surface area contributed by atoms with Crippen LogP contribution in [0.2, 0.25) is 0 Å². The third-order valence-electron chi connectivity index (χ3n) is 2.78. The summed E-state index contributed by atoms with van der Waals surface area (Å²) in [5, 5.41) is 2.95. The van der Waals surface area contributed by atoms with Crippen LogP contribution in [-0.2, 0) is 4.74 Å². The summed E-state index contributed by atoms with van der Waals surface area (Å²) in [6, 6.07) is 3.01. The number of nitrogens with one attached hydrogen (secondary N) is 1. The van der Waals surface area contributed by atoms with Crippen molar-refractivity contribution in [1.29, 1.82) is 0 Å². The highest BCUT2D eigenvalue weighted by molar-refractivity contribution is 5.24. The topological polar surface area (TPSA) is 21.3 Å². The second-order valence-corrected chi connectivity index (χ2v) is 4.20. The van der Waals surface area contributed by atoms with E-state index in [1.165, 1.54) is 6.07 Å². The Morgan fingerprint density at radius 3 is 2.44 bits per heavy atom. The molecule has 1 aromatic carbocycles. The van der Waals surface area contributed by atoms with Crippen molar-refractivity contribution < 1.29 is 13.5 Å². The average molecular weight is 229 g/mol. The van der Waals surface area contributed by atoms with Crippen molar-refractivity contribution in [2.45, 2.75) is 25.5 Å². The van der Waals surface area contributed by atoms with Gasteiger partial charge in [-0.05, 0) is 39.1 Å². The molecular formula is C12H17F2NO. The molecule has 1 atom stereocenters. The van der Waals surface area contributed by atoms with Gasteiger partial charge in [0.2, 0.25) is 0 Å². The molecule has 1 aromatic rings. The van der Waals surface area contributed by atoms with Gasteiger partial charge in [0.15, 0.2) is 0 Å². The first kappa shape index (κ1) is 13.1. The molecule has 0 radical (unpaired) electrons. The molecule has 0 aliphatic heterocycles. The monoisotopic (exact) mass is 229 g/mol. The van der Waals surface area contributed by atoms with Crippen molar-refractivity contribution in [3.05, 3.63) is 35.4 Å². The van der Waals surface area contributed by atoms with E-state index in [2.05, 4.69) is 5.32 Å². The predicted molar refractivity (Wildman–Crippen MR) is 59.2 cm³/mol. The van der Waals surface area contributed by atoms with Gasteiger partial charge in [-0.3, -0.25) is 0 Å². The van der Waals surface area contributed by atoms with Crippen LogP contribution >= 0.6 is 0 Å². The van der Waals surface area contributed by atoms with Gasteiger partial charge in [-0.15, -0.1) is 0 Å². The van der Waals surface area contributed by atoms with Crippen LogP contribution in [0.3, 0.4) is 0 Å². The summed E-state index contributed by atoms with van der Waals surface area (Å²) in [7, 11) is 3.23. The van der Waals surface area contributed by atoms with E-state index in [4.69, 9.17) is 4.74 Å². The summed E-state index contributed by atoms with van der Waals surface area (Å²) in [5.74, 6) is -0.894. The maximum atomic E-state index is 13.6. The molecule has 16 heavy (non-hydrogen) atoms. The van der Waals surface area contributed by atoms with Crippen LogP contribution < -0.4 is 5.32 Å². The largest absolute Gasteiger partial charge is 0.377 e. The lowest BCUT2D eigenvalue weighted by Gasteiger charge is -2.33. The Labute approximate surface area is 94.6 Å². The third kappa shape index (κ3) is 2.57. The Bertz CT molecular complexity index is 366. The molecule has 0 aromatic heterocycles. The second kappa shape index (κ2) is 4.89. The number of benzene rings is 1. The molecule has 0 amide bonds. The van der Waals surface area contributed by atoms with Crippen LogP contribution in [0, 0.1) is 11.6 Å². The van der Waals surface area contributed by atoms with E-state index in [-0.39, 0.29) is 5.56 Å². The summed E-state index contributed by atoms with van der Waals surface area (Å²) in [6.07, 6.45) is 0. The van der Waals surface area contributed by atoms with Crippen LogP contribution in [0.25, 0.3) is 0 Å². The van der Waals surface area contributed by atoms with Gasteiger partial charge in [-0.2, -0.15) is 0 Å². The Balaban J connectivity index is 3.18. The molecule has 1 N–H and O–H groups in total. The molecule has 0 aliphatic rings. The smallest absolute Gasteiger partial charge is 0.128 e. The number of hydrogen-bond acceptors (Lipinski definition) is 2. The minimum Gasteiger partial charge on any atom is -0.377 e. The Hall–Kier alpha value is -1.00. The van der Waals surface area contributed by atoms with Gasteiger partial charge in [-0.25, -0.2) is 8.78 Å². The van der Waals surface area contributed by atoms with E-state index in [1.54, 1.807) is 14.2 Å². The number of rotatable bonds is 4. The summed E-state index contributed by atoms with van der Waals surface area (Å²) in [5.41, 5.74) is -0.349. The quantitative estimate of drug-likeness (QED) is 0.857. The number of ether oxygens (including phenoxy) is 1. The Morgan fingerprint density at radius 1 is 1.31 bits per heavy atom. The lowest BCUT2D eigenvalue weighted by atomic mass is 9.91. The first-order valence-electron chi connectivity index (χ1n) is 5.09. The standard InChI is InChI=1S/C12H17F2NO/c1-12(2,16-4)11(15-3)9-7-8(13)5-6-10(9)14/h5-7,11,15H,1-4H3. The lowest BCUT2D eigenvalue weighted by Crippen LogP contribution is -2.39. The molecule has 0 bridgehead atoms. The number of methoxy groups -OCH3 is 1. The normalized spacial score (nSPS) is 13.9. The Kier molecular flexibility index (Phi) is 3.99. The van der Waals surface area contributed by atoms with Crippen LogP contribution in [0.15, 0.2) is 18.2 Å². The molecule has 1 rings (SSSR count). The van der Waals surface area contributed by atoms with E-state index in [9.17, 15) is 8.78 Å². The second-order valence-electron chi connectivity index (χ2n) is 4.20. The maximum Gasteiger partial charge on any atom is 0.128 e. The SMILES string of the molecule is CNC(c1cc(F)ccc1F)C(C)(C)OC. The molecule has 2 nitrogen and oxygen atoms in total. The van der Waals surface area contributed by atoms with E-state index < -0.39 is 23.3 Å². The fourth-order valence-electron chi connectivity index (χ4n) is 1.73. The zero-order valence-corrected chi connectivity index (χ0v) is 9.97. The summed E-state index contributed by atoms with van der Waals surface area (Å²) in [4.78, 5) is 0.